The fraction of sp³-hybridized carbons (Fsp3) is 0.333. The molecule has 3 aromatic rings. The van der Waals surface area contributed by atoms with Crippen LogP contribution in [0.25, 0.3) is 0 Å². The zero-order chi connectivity index (χ0) is 25.9. The van der Waals surface area contributed by atoms with Crippen molar-refractivity contribution in [2.75, 3.05) is 12.3 Å². The van der Waals surface area contributed by atoms with Crippen LogP contribution in [-0.2, 0) is 22.6 Å². The third-order valence-electron chi connectivity index (χ3n) is 5.80. The minimum Gasteiger partial charge on any atom is -0.354 e. The average Bonchev–Trinajstić information content (AvgIpc) is 2.86. The monoisotopic (exact) mass is 566 g/mol. The number of carbonyl (C=O) groups excluding carboxylic acids is 2. The minimum absolute atomic E-state index is 0.0183. The molecule has 3 aromatic carbocycles. The molecule has 0 radical (unpaired) electrons. The number of benzene rings is 3. The number of aryl methyl sites for hydroxylation is 1. The molecule has 0 spiro atoms. The molecule has 1 N–H and O–H groups in total. The number of thioether (sulfide) groups is 1. The molecule has 0 aliphatic rings. The summed E-state index contributed by atoms with van der Waals surface area (Å²) >= 11 is 5.20. The summed E-state index contributed by atoms with van der Waals surface area (Å²) in [6.45, 7) is 7.15. The predicted octanol–water partition coefficient (Wildman–Crippen LogP) is 6.65. The standard InChI is InChI=1S/C30H35BrN2O2S/c1-22(2)20-32-30(35)28(19-24-8-5-4-6-9-24)33(21-25-10-7-11-26(31)18-25)29(34)16-17-36-27-14-12-23(3)13-15-27/h4-15,18,22,28H,16-17,19-21H2,1-3H3,(H,32,35)/t28-/m1/s1. The SMILES string of the molecule is Cc1ccc(SCCC(=O)N(Cc2cccc(Br)c2)[C@H](Cc2ccccc2)C(=O)NCC(C)C)cc1. The lowest BCUT2D eigenvalue weighted by Gasteiger charge is -2.32. The van der Waals surface area contributed by atoms with Gasteiger partial charge in [0.05, 0.1) is 0 Å². The first-order valence-electron chi connectivity index (χ1n) is 12.4. The van der Waals surface area contributed by atoms with Gasteiger partial charge in [0.2, 0.25) is 11.8 Å². The molecule has 190 valence electrons. The fourth-order valence-corrected chi connectivity index (χ4v) is 5.13. The topological polar surface area (TPSA) is 49.4 Å². The summed E-state index contributed by atoms with van der Waals surface area (Å²) in [6, 6.07) is 25.6. The van der Waals surface area contributed by atoms with E-state index in [1.807, 2.05) is 54.6 Å². The van der Waals surface area contributed by atoms with Crippen molar-refractivity contribution in [1.29, 1.82) is 0 Å². The summed E-state index contributed by atoms with van der Waals surface area (Å²) < 4.78 is 0.950. The van der Waals surface area contributed by atoms with Crippen LogP contribution in [0.4, 0.5) is 0 Å². The van der Waals surface area contributed by atoms with Gasteiger partial charge in [0, 0.05) is 41.1 Å². The summed E-state index contributed by atoms with van der Waals surface area (Å²) in [5.74, 6) is 0.853. The van der Waals surface area contributed by atoms with E-state index in [1.165, 1.54) is 5.56 Å². The van der Waals surface area contributed by atoms with E-state index in [9.17, 15) is 9.59 Å². The van der Waals surface area contributed by atoms with Gasteiger partial charge in [-0.1, -0.05) is 89.9 Å². The van der Waals surface area contributed by atoms with Gasteiger partial charge in [0.15, 0.2) is 0 Å². The first kappa shape index (κ1) is 28.0. The molecule has 1 atom stereocenters. The van der Waals surface area contributed by atoms with Gasteiger partial charge in [0.1, 0.15) is 6.04 Å². The molecule has 0 aromatic heterocycles. The van der Waals surface area contributed by atoms with Gasteiger partial charge in [0.25, 0.3) is 0 Å². The van der Waals surface area contributed by atoms with Crippen LogP contribution in [0.2, 0.25) is 0 Å². The second kappa shape index (κ2) is 14.2. The van der Waals surface area contributed by atoms with Crippen molar-refractivity contribution in [2.24, 2.45) is 5.92 Å². The van der Waals surface area contributed by atoms with Crippen LogP contribution in [0.15, 0.2) is 88.2 Å². The van der Waals surface area contributed by atoms with Gasteiger partial charge in [-0.15, -0.1) is 11.8 Å². The number of rotatable bonds is 12. The maximum Gasteiger partial charge on any atom is 0.243 e. The summed E-state index contributed by atoms with van der Waals surface area (Å²) in [5, 5.41) is 3.07. The quantitative estimate of drug-likeness (QED) is 0.249. The lowest BCUT2D eigenvalue weighted by molar-refractivity contribution is -0.141. The van der Waals surface area contributed by atoms with Crippen LogP contribution in [-0.4, -0.2) is 35.1 Å². The Bertz CT molecular complexity index is 1120. The number of hydrogen-bond donors (Lipinski definition) is 1. The summed E-state index contributed by atoms with van der Waals surface area (Å²) in [7, 11) is 0. The molecule has 0 heterocycles. The Hall–Kier alpha value is -2.57. The molecule has 6 heteroatoms. The van der Waals surface area contributed by atoms with Crippen molar-refractivity contribution >= 4 is 39.5 Å². The van der Waals surface area contributed by atoms with E-state index in [0.29, 0.717) is 37.6 Å². The van der Waals surface area contributed by atoms with Crippen molar-refractivity contribution in [3.8, 4) is 0 Å². The Morgan fingerprint density at radius 2 is 1.64 bits per heavy atom. The van der Waals surface area contributed by atoms with Crippen molar-refractivity contribution in [3.05, 3.63) is 100 Å². The van der Waals surface area contributed by atoms with Crippen LogP contribution in [0.3, 0.4) is 0 Å². The van der Waals surface area contributed by atoms with Crippen molar-refractivity contribution in [1.82, 2.24) is 10.2 Å². The Labute approximate surface area is 228 Å². The van der Waals surface area contributed by atoms with Gasteiger partial charge in [-0.3, -0.25) is 9.59 Å². The molecule has 0 bridgehead atoms. The lowest BCUT2D eigenvalue weighted by atomic mass is 10.0. The zero-order valence-electron chi connectivity index (χ0n) is 21.2. The number of hydrogen-bond acceptors (Lipinski definition) is 3. The lowest BCUT2D eigenvalue weighted by Crippen LogP contribution is -2.51. The Morgan fingerprint density at radius 1 is 0.944 bits per heavy atom. The highest BCUT2D eigenvalue weighted by Crippen LogP contribution is 2.22. The van der Waals surface area contributed by atoms with Crippen LogP contribution < -0.4 is 5.32 Å². The number of nitrogens with zero attached hydrogens (tertiary/aromatic N) is 1. The van der Waals surface area contributed by atoms with Crippen LogP contribution in [0.1, 0.15) is 37.0 Å². The smallest absolute Gasteiger partial charge is 0.243 e. The first-order chi connectivity index (χ1) is 17.3. The molecule has 0 aliphatic heterocycles. The highest BCUT2D eigenvalue weighted by Gasteiger charge is 2.30. The second-order valence-corrected chi connectivity index (χ2v) is 11.5. The molecular weight excluding hydrogens is 532 g/mol. The Kier molecular flexibility index (Phi) is 11.1. The fourth-order valence-electron chi connectivity index (χ4n) is 3.84. The van der Waals surface area contributed by atoms with E-state index in [1.54, 1.807) is 16.7 Å². The average molecular weight is 568 g/mol. The third-order valence-corrected chi connectivity index (χ3v) is 7.31. The van der Waals surface area contributed by atoms with Crippen LogP contribution >= 0.6 is 27.7 Å². The molecule has 2 amide bonds. The maximum atomic E-state index is 13.7. The van der Waals surface area contributed by atoms with Gasteiger partial charge in [-0.05, 0) is 48.2 Å². The zero-order valence-corrected chi connectivity index (χ0v) is 23.6. The maximum absolute atomic E-state index is 13.7. The second-order valence-electron chi connectivity index (χ2n) is 9.41. The van der Waals surface area contributed by atoms with Gasteiger partial charge in [-0.2, -0.15) is 0 Å². The summed E-state index contributed by atoms with van der Waals surface area (Å²) in [6.07, 6.45) is 0.824. The molecular formula is C30H35BrN2O2S. The highest BCUT2D eigenvalue weighted by molar-refractivity contribution is 9.10. The summed E-state index contributed by atoms with van der Waals surface area (Å²) in [5.41, 5.74) is 3.23. The first-order valence-corrected chi connectivity index (χ1v) is 14.1. The third kappa shape index (κ3) is 9.14. The van der Waals surface area contributed by atoms with E-state index >= 15 is 0 Å². The van der Waals surface area contributed by atoms with Crippen LogP contribution in [0, 0.1) is 12.8 Å². The van der Waals surface area contributed by atoms with E-state index in [0.717, 1.165) is 20.5 Å². The molecule has 0 saturated heterocycles. The summed E-state index contributed by atoms with van der Waals surface area (Å²) in [4.78, 5) is 30.0. The predicted molar refractivity (Wildman–Crippen MR) is 153 cm³/mol. The molecule has 0 unspecified atom stereocenters. The molecule has 0 aliphatic carbocycles. The van der Waals surface area contributed by atoms with Crippen molar-refractivity contribution < 1.29 is 9.59 Å². The van der Waals surface area contributed by atoms with Gasteiger partial charge < -0.3 is 10.2 Å². The van der Waals surface area contributed by atoms with E-state index < -0.39 is 6.04 Å². The van der Waals surface area contributed by atoms with E-state index in [-0.39, 0.29) is 11.8 Å². The Balaban J connectivity index is 1.83. The van der Waals surface area contributed by atoms with E-state index in [4.69, 9.17) is 0 Å². The highest BCUT2D eigenvalue weighted by atomic mass is 79.9. The normalized spacial score (nSPS) is 11.8. The number of carbonyl (C=O) groups is 2. The number of halogens is 1. The number of amides is 2. The van der Waals surface area contributed by atoms with E-state index in [2.05, 4.69) is 66.3 Å². The van der Waals surface area contributed by atoms with Gasteiger partial charge in [-0.25, -0.2) is 0 Å². The molecule has 36 heavy (non-hydrogen) atoms. The minimum atomic E-state index is -0.595. The molecule has 3 rings (SSSR count). The van der Waals surface area contributed by atoms with Crippen molar-refractivity contribution in [3.63, 3.8) is 0 Å². The molecule has 0 fully saturated rings. The van der Waals surface area contributed by atoms with Gasteiger partial charge >= 0.3 is 0 Å². The largest absolute Gasteiger partial charge is 0.354 e. The van der Waals surface area contributed by atoms with Crippen molar-refractivity contribution in [2.45, 2.75) is 51.1 Å². The van der Waals surface area contributed by atoms with Crippen LogP contribution in [0.5, 0.6) is 0 Å². The molecule has 0 saturated carbocycles. The Morgan fingerprint density at radius 3 is 2.31 bits per heavy atom. The molecule has 4 nitrogen and oxygen atoms in total. The number of nitrogens with one attached hydrogen (secondary N) is 1.